The van der Waals surface area contributed by atoms with Crippen LogP contribution in [0.1, 0.15) is 45.4 Å². The summed E-state index contributed by atoms with van der Waals surface area (Å²) in [5.74, 6) is -0.707. The number of aliphatic carboxylic acids is 1. The summed E-state index contributed by atoms with van der Waals surface area (Å²) in [6, 6.07) is 0. The predicted octanol–water partition coefficient (Wildman–Crippen LogP) is 2.45. The zero-order chi connectivity index (χ0) is 13.6. The molecule has 1 saturated heterocycles. The Morgan fingerprint density at radius 2 is 2.22 bits per heavy atom. The monoisotopic (exact) mass is 253 g/mol. The summed E-state index contributed by atoms with van der Waals surface area (Å²) < 4.78 is 0. The average molecular weight is 253 g/mol. The van der Waals surface area contributed by atoms with Crippen LogP contribution in [0.5, 0.6) is 0 Å². The maximum atomic E-state index is 12.0. The molecule has 1 aliphatic rings. The lowest BCUT2D eigenvalue weighted by molar-refractivity contribution is -0.155. The van der Waals surface area contributed by atoms with Crippen LogP contribution >= 0.6 is 0 Å². The molecule has 1 aliphatic heterocycles. The number of nitrogens with zero attached hydrogens (tertiary/aromatic N) is 1. The van der Waals surface area contributed by atoms with Gasteiger partial charge in [0.25, 0.3) is 0 Å². The van der Waals surface area contributed by atoms with Gasteiger partial charge in [-0.1, -0.05) is 19.4 Å². The van der Waals surface area contributed by atoms with Gasteiger partial charge in [0, 0.05) is 19.5 Å². The van der Waals surface area contributed by atoms with E-state index < -0.39 is 11.4 Å². The van der Waals surface area contributed by atoms with E-state index in [0.29, 0.717) is 38.8 Å². The van der Waals surface area contributed by atoms with Crippen LogP contribution in [0.2, 0.25) is 0 Å². The van der Waals surface area contributed by atoms with Gasteiger partial charge in [-0.3, -0.25) is 9.59 Å². The van der Waals surface area contributed by atoms with E-state index in [9.17, 15) is 14.7 Å². The van der Waals surface area contributed by atoms with Crippen molar-refractivity contribution in [3.05, 3.63) is 12.7 Å². The van der Waals surface area contributed by atoms with E-state index in [2.05, 4.69) is 6.58 Å². The fourth-order valence-corrected chi connectivity index (χ4v) is 2.69. The second kappa shape index (κ2) is 6.57. The van der Waals surface area contributed by atoms with Crippen LogP contribution in [0.25, 0.3) is 0 Å². The van der Waals surface area contributed by atoms with Crippen LogP contribution in [0.3, 0.4) is 0 Å². The van der Waals surface area contributed by atoms with Gasteiger partial charge in [-0.05, 0) is 25.7 Å². The first kappa shape index (κ1) is 14.7. The molecule has 0 radical (unpaired) electrons. The summed E-state index contributed by atoms with van der Waals surface area (Å²) in [5.41, 5.74) is -0.725. The maximum absolute atomic E-state index is 12.0. The average Bonchev–Trinajstić information content (AvgIpc) is 2.36. The maximum Gasteiger partial charge on any atom is 0.311 e. The zero-order valence-corrected chi connectivity index (χ0v) is 11.2. The number of carbonyl (C=O) groups excluding carboxylic acids is 1. The number of piperidine rings is 1. The second-order valence-corrected chi connectivity index (χ2v) is 5.08. The van der Waals surface area contributed by atoms with Crippen molar-refractivity contribution in [1.82, 2.24) is 4.90 Å². The van der Waals surface area contributed by atoms with Gasteiger partial charge in [-0.25, -0.2) is 0 Å². The summed E-state index contributed by atoms with van der Waals surface area (Å²) in [7, 11) is 0. The normalized spacial score (nSPS) is 23.7. The largest absolute Gasteiger partial charge is 0.481 e. The van der Waals surface area contributed by atoms with Crippen LogP contribution in [0.4, 0.5) is 0 Å². The molecule has 4 heteroatoms. The van der Waals surface area contributed by atoms with Crippen molar-refractivity contribution in [2.45, 2.75) is 45.4 Å². The van der Waals surface area contributed by atoms with Gasteiger partial charge in [0.1, 0.15) is 0 Å². The highest BCUT2D eigenvalue weighted by molar-refractivity contribution is 5.79. The molecule has 0 saturated carbocycles. The number of carboxylic acids is 1. The van der Waals surface area contributed by atoms with Gasteiger partial charge in [0.2, 0.25) is 5.91 Å². The van der Waals surface area contributed by atoms with Gasteiger partial charge < -0.3 is 10.0 Å². The van der Waals surface area contributed by atoms with Crippen LogP contribution in [0.15, 0.2) is 12.7 Å². The second-order valence-electron chi connectivity index (χ2n) is 5.08. The lowest BCUT2D eigenvalue weighted by atomic mass is 9.76. The minimum absolute atomic E-state index is 0.0522. The fourth-order valence-electron chi connectivity index (χ4n) is 2.69. The molecule has 0 aliphatic carbocycles. The fraction of sp³-hybridized carbons (Fsp3) is 0.714. The van der Waals surface area contributed by atoms with Crippen molar-refractivity contribution in [2.24, 2.45) is 5.41 Å². The Morgan fingerprint density at radius 1 is 1.50 bits per heavy atom. The van der Waals surface area contributed by atoms with E-state index in [1.54, 1.807) is 11.0 Å². The third-order valence-corrected chi connectivity index (χ3v) is 3.67. The van der Waals surface area contributed by atoms with Gasteiger partial charge in [0.05, 0.1) is 5.41 Å². The molecular formula is C14H23NO3. The van der Waals surface area contributed by atoms with Gasteiger partial charge in [-0.2, -0.15) is 0 Å². The zero-order valence-electron chi connectivity index (χ0n) is 11.2. The van der Waals surface area contributed by atoms with E-state index in [0.717, 1.165) is 12.8 Å². The summed E-state index contributed by atoms with van der Waals surface area (Å²) >= 11 is 0. The minimum atomic E-state index is -0.759. The first-order valence-corrected chi connectivity index (χ1v) is 6.68. The smallest absolute Gasteiger partial charge is 0.311 e. The molecular weight excluding hydrogens is 230 g/mol. The van der Waals surface area contributed by atoms with Crippen molar-refractivity contribution >= 4 is 11.9 Å². The van der Waals surface area contributed by atoms with Crippen molar-refractivity contribution < 1.29 is 14.7 Å². The molecule has 1 N–H and O–H groups in total. The number of carbonyl (C=O) groups is 2. The van der Waals surface area contributed by atoms with E-state index >= 15 is 0 Å². The molecule has 18 heavy (non-hydrogen) atoms. The molecule has 1 unspecified atom stereocenters. The molecule has 1 atom stereocenters. The molecule has 1 amide bonds. The first-order valence-electron chi connectivity index (χ1n) is 6.68. The Morgan fingerprint density at radius 3 is 2.78 bits per heavy atom. The van der Waals surface area contributed by atoms with Crippen LogP contribution in [0, 0.1) is 5.41 Å². The van der Waals surface area contributed by atoms with E-state index in [4.69, 9.17) is 0 Å². The van der Waals surface area contributed by atoms with Gasteiger partial charge in [-0.15, -0.1) is 6.58 Å². The van der Waals surface area contributed by atoms with Gasteiger partial charge >= 0.3 is 5.97 Å². The third-order valence-electron chi connectivity index (χ3n) is 3.67. The molecule has 1 fully saturated rings. The van der Waals surface area contributed by atoms with Crippen molar-refractivity contribution in [2.75, 3.05) is 13.1 Å². The number of likely N-dealkylation sites (tertiary alicyclic amines) is 1. The van der Waals surface area contributed by atoms with Crippen molar-refractivity contribution in [3.8, 4) is 0 Å². The van der Waals surface area contributed by atoms with Gasteiger partial charge in [0.15, 0.2) is 0 Å². The molecule has 102 valence electrons. The van der Waals surface area contributed by atoms with Crippen LogP contribution < -0.4 is 0 Å². The third kappa shape index (κ3) is 3.34. The quantitative estimate of drug-likeness (QED) is 0.740. The lowest BCUT2D eigenvalue weighted by Gasteiger charge is -2.40. The Bertz CT molecular complexity index is 323. The summed E-state index contributed by atoms with van der Waals surface area (Å²) in [5, 5.41) is 9.44. The van der Waals surface area contributed by atoms with Crippen LogP contribution in [-0.4, -0.2) is 35.0 Å². The number of hydrogen-bond donors (Lipinski definition) is 1. The SMILES string of the molecule is C=CCCC(=O)N1CCCC(CCC)(C(=O)O)C1. The summed E-state index contributed by atoms with van der Waals surface area (Å²) in [6.45, 7) is 6.64. The highest BCUT2D eigenvalue weighted by atomic mass is 16.4. The van der Waals surface area contributed by atoms with E-state index in [1.165, 1.54) is 0 Å². The number of rotatable bonds is 6. The molecule has 0 aromatic heterocycles. The molecule has 0 aromatic carbocycles. The molecule has 0 aromatic rings. The Labute approximate surface area is 109 Å². The molecule has 0 spiro atoms. The van der Waals surface area contributed by atoms with E-state index in [1.807, 2.05) is 6.92 Å². The predicted molar refractivity (Wildman–Crippen MR) is 70.2 cm³/mol. The Balaban J connectivity index is 2.71. The Hall–Kier alpha value is -1.32. The van der Waals surface area contributed by atoms with E-state index in [-0.39, 0.29) is 5.91 Å². The topological polar surface area (TPSA) is 57.6 Å². The molecule has 0 bridgehead atoms. The summed E-state index contributed by atoms with van der Waals surface area (Å²) in [4.78, 5) is 25.2. The highest BCUT2D eigenvalue weighted by Crippen LogP contribution is 2.35. The Kier molecular flexibility index (Phi) is 5.38. The summed E-state index contributed by atoms with van der Waals surface area (Å²) in [6.07, 6.45) is 5.76. The standard InChI is InChI=1S/C14H23NO3/c1-3-5-7-12(16)15-10-6-9-14(11-15,8-4-2)13(17)18/h3H,1,4-11H2,2H3,(H,17,18). The minimum Gasteiger partial charge on any atom is -0.481 e. The molecule has 1 rings (SSSR count). The van der Waals surface area contributed by atoms with Crippen molar-refractivity contribution in [3.63, 3.8) is 0 Å². The highest BCUT2D eigenvalue weighted by Gasteiger charge is 2.42. The lowest BCUT2D eigenvalue weighted by Crippen LogP contribution is -2.49. The molecule has 4 nitrogen and oxygen atoms in total. The molecule has 1 heterocycles. The first-order chi connectivity index (χ1) is 8.55. The van der Waals surface area contributed by atoms with Crippen LogP contribution in [-0.2, 0) is 9.59 Å². The number of allylic oxidation sites excluding steroid dienone is 1. The number of carboxylic acid groups (broad SMARTS) is 1. The van der Waals surface area contributed by atoms with Crippen molar-refractivity contribution in [1.29, 1.82) is 0 Å². The number of amides is 1. The number of hydrogen-bond acceptors (Lipinski definition) is 2.